The second-order valence-electron chi connectivity index (χ2n) is 12.1. The van der Waals surface area contributed by atoms with Crippen molar-refractivity contribution in [2.45, 2.75) is 6.42 Å². The van der Waals surface area contributed by atoms with Gasteiger partial charge in [0.1, 0.15) is 5.58 Å². The molecule has 1 radical (unpaired) electrons. The van der Waals surface area contributed by atoms with Gasteiger partial charge >= 0.3 is 0 Å². The van der Waals surface area contributed by atoms with E-state index in [1.807, 2.05) is 66.9 Å². The van der Waals surface area contributed by atoms with E-state index in [1.165, 1.54) is 27.8 Å². The first-order valence-corrected chi connectivity index (χ1v) is 16.7. The van der Waals surface area contributed by atoms with Crippen molar-refractivity contribution in [1.82, 2.24) is 9.97 Å². The van der Waals surface area contributed by atoms with Crippen LogP contribution in [0, 0.1) is 12.1 Å². The molecule has 0 aliphatic rings. The summed E-state index contributed by atoms with van der Waals surface area (Å²) < 4.78 is 6.32. The van der Waals surface area contributed by atoms with Crippen LogP contribution in [0.25, 0.3) is 66.7 Å². The molecule has 0 unspecified atom stereocenters. The summed E-state index contributed by atoms with van der Waals surface area (Å²) in [6, 6.07) is 64.5. The van der Waals surface area contributed by atoms with E-state index >= 15 is 0 Å². The third-order valence-corrected chi connectivity index (χ3v) is 8.72. The SMILES string of the molecule is [Ir].[c-]1ccc(-c2ccccc2)cc1-c1ccccn1.[c-]1ccc2c(oc3ccc(Cc4ccccc4)cc32)c1-c1cc(-c2ccccc2)ccn1. The van der Waals surface area contributed by atoms with Crippen molar-refractivity contribution in [2.24, 2.45) is 0 Å². The molecule has 0 spiro atoms. The van der Waals surface area contributed by atoms with Gasteiger partial charge in [-0.2, -0.15) is 0 Å². The molecule has 0 atom stereocenters. The van der Waals surface area contributed by atoms with Crippen molar-refractivity contribution in [2.75, 3.05) is 0 Å². The van der Waals surface area contributed by atoms with E-state index in [4.69, 9.17) is 4.42 Å². The Morgan fingerprint density at radius 1 is 0.471 bits per heavy atom. The molecule has 3 heterocycles. The summed E-state index contributed by atoms with van der Waals surface area (Å²) in [5.74, 6) is 0. The Morgan fingerprint density at radius 3 is 1.86 bits per heavy atom. The van der Waals surface area contributed by atoms with E-state index in [1.54, 1.807) is 6.20 Å². The maximum absolute atomic E-state index is 6.32. The number of nitrogens with zero attached hydrogens (tertiary/aromatic N) is 2. The van der Waals surface area contributed by atoms with Gasteiger partial charge < -0.3 is 14.4 Å². The molecule has 3 nitrogen and oxygen atoms in total. The van der Waals surface area contributed by atoms with Crippen molar-refractivity contribution >= 4 is 21.9 Å². The number of aromatic nitrogens is 2. The van der Waals surface area contributed by atoms with Gasteiger partial charge in [-0.15, -0.1) is 53.6 Å². The van der Waals surface area contributed by atoms with Gasteiger partial charge in [-0.25, -0.2) is 0 Å². The van der Waals surface area contributed by atoms with Crippen LogP contribution >= 0.6 is 0 Å². The fraction of sp³-hybridized carbons (Fsp3) is 0.0213. The van der Waals surface area contributed by atoms with E-state index in [0.29, 0.717) is 0 Å². The summed E-state index contributed by atoms with van der Waals surface area (Å²) in [4.78, 5) is 8.99. The van der Waals surface area contributed by atoms with Gasteiger partial charge in [0.2, 0.25) is 0 Å². The van der Waals surface area contributed by atoms with Gasteiger partial charge in [0, 0.05) is 37.9 Å². The van der Waals surface area contributed by atoms with Gasteiger partial charge in [-0.1, -0.05) is 126 Å². The van der Waals surface area contributed by atoms with E-state index in [-0.39, 0.29) is 20.1 Å². The van der Waals surface area contributed by atoms with Gasteiger partial charge in [-0.05, 0) is 69.9 Å². The number of hydrogen-bond donors (Lipinski definition) is 0. The maximum Gasteiger partial charge on any atom is 0.120 e. The molecule has 4 heteroatoms. The van der Waals surface area contributed by atoms with Gasteiger partial charge in [0.15, 0.2) is 0 Å². The van der Waals surface area contributed by atoms with Crippen LogP contribution in [-0.2, 0) is 26.5 Å². The van der Waals surface area contributed by atoms with E-state index in [9.17, 15) is 0 Å². The largest absolute Gasteiger partial charge is 0.501 e. The van der Waals surface area contributed by atoms with Crippen LogP contribution in [0.1, 0.15) is 11.1 Å². The minimum absolute atomic E-state index is 0. The predicted octanol–water partition coefficient (Wildman–Crippen LogP) is 11.9. The number of benzene rings is 6. The van der Waals surface area contributed by atoms with Gasteiger partial charge in [0.05, 0.1) is 5.58 Å². The molecular formula is C47H32IrN2O-2. The zero-order chi connectivity index (χ0) is 33.5. The minimum atomic E-state index is 0. The fourth-order valence-corrected chi connectivity index (χ4v) is 6.24. The minimum Gasteiger partial charge on any atom is -0.501 e. The summed E-state index contributed by atoms with van der Waals surface area (Å²) in [5.41, 5.74) is 12.7. The number of hydrogen-bond acceptors (Lipinski definition) is 3. The first-order chi connectivity index (χ1) is 24.8. The van der Waals surface area contributed by atoms with Crippen LogP contribution in [0.3, 0.4) is 0 Å². The fourth-order valence-electron chi connectivity index (χ4n) is 6.24. The van der Waals surface area contributed by atoms with Crippen molar-refractivity contribution in [1.29, 1.82) is 0 Å². The second-order valence-corrected chi connectivity index (χ2v) is 12.1. The molecule has 51 heavy (non-hydrogen) atoms. The molecule has 0 saturated carbocycles. The molecule has 0 saturated heterocycles. The summed E-state index contributed by atoms with van der Waals surface area (Å²) in [6.07, 6.45) is 4.55. The van der Waals surface area contributed by atoms with E-state index in [0.717, 1.165) is 56.4 Å². The number of fused-ring (bicyclic) bond motifs is 3. The van der Waals surface area contributed by atoms with Crippen LogP contribution in [0.15, 0.2) is 187 Å². The summed E-state index contributed by atoms with van der Waals surface area (Å²) in [7, 11) is 0. The number of rotatable bonds is 6. The molecule has 0 amide bonds. The third kappa shape index (κ3) is 7.64. The van der Waals surface area contributed by atoms with Crippen LogP contribution in [-0.4, -0.2) is 9.97 Å². The first-order valence-electron chi connectivity index (χ1n) is 16.7. The molecule has 0 fully saturated rings. The standard InChI is InChI=1S/C30H20NO.C17H12N.Ir/c1-3-8-21(9-4-1)18-22-14-15-29-27(19-22)25-12-7-13-26(30(25)32-29)28-20-24(16-17-31-28)23-10-5-2-6-11-23;1-2-7-14(8-3-1)15-9-6-10-16(13-15)17-11-4-5-12-18-17;/h1-12,14-17,19-20H,18H2;1-9,11-13H;/q2*-1;. The average molecular weight is 833 g/mol. The molecule has 0 aliphatic carbocycles. The molecule has 3 aromatic heterocycles. The average Bonchev–Trinajstić information content (AvgIpc) is 3.58. The Morgan fingerprint density at radius 2 is 1.14 bits per heavy atom. The van der Waals surface area contributed by atoms with Crippen LogP contribution in [0.2, 0.25) is 0 Å². The van der Waals surface area contributed by atoms with Gasteiger partial charge in [0.25, 0.3) is 0 Å². The van der Waals surface area contributed by atoms with Crippen molar-refractivity contribution in [3.63, 3.8) is 0 Å². The first kappa shape index (κ1) is 33.6. The monoisotopic (exact) mass is 833 g/mol. The predicted molar refractivity (Wildman–Crippen MR) is 204 cm³/mol. The molecule has 0 aliphatic heterocycles. The zero-order valence-electron chi connectivity index (χ0n) is 27.7. The molecule has 9 aromatic rings. The molecule has 9 rings (SSSR count). The summed E-state index contributed by atoms with van der Waals surface area (Å²) in [6.45, 7) is 0. The molecule has 0 N–H and O–H groups in total. The Kier molecular flexibility index (Phi) is 10.4. The van der Waals surface area contributed by atoms with Gasteiger partial charge in [-0.3, -0.25) is 0 Å². The van der Waals surface area contributed by atoms with Crippen LogP contribution < -0.4 is 0 Å². The van der Waals surface area contributed by atoms with Crippen molar-refractivity contribution < 1.29 is 24.5 Å². The maximum atomic E-state index is 6.32. The van der Waals surface area contributed by atoms with Crippen molar-refractivity contribution in [3.8, 4) is 44.8 Å². The Hall–Kier alpha value is -5.93. The Balaban J connectivity index is 0.000000182. The quantitative estimate of drug-likeness (QED) is 0.157. The van der Waals surface area contributed by atoms with Crippen LogP contribution in [0.4, 0.5) is 0 Å². The van der Waals surface area contributed by atoms with Crippen molar-refractivity contribution in [3.05, 3.63) is 206 Å². The zero-order valence-corrected chi connectivity index (χ0v) is 30.1. The molecule has 6 aromatic carbocycles. The van der Waals surface area contributed by atoms with E-state index < -0.39 is 0 Å². The summed E-state index contributed by atoms with van der Waals surface area (Å²) >= 11 is 0. The topological polar surface area (TPSA) is 38.9 Å². The Bertz CT molecular complexity index is 2440. The molecular weight excluding hydrogens is 801 g/mol. The summed E-state index contributed by atoms with van der Waals surface area (Å²) in [5, 5.41) is 2.22. The smallest absolute Gasteiger partial charge is 0.120 e. The van der Waals surface area contributed by atoms with Crippen LogP contribution in [0.5, 0.6) is 0 Å². The normalized spacial score (nSPS) is 10.7. The molecule has 0 bridgehead atoms. The molecule has 247 valence electrons. The second kappa shape index (κ2) is 15.7. The number of pyridine rings is 2. The third-order valence-electron chi connectivity index (χ3n) is 8.72. The van der Waals surface area contributed by atoms with E-state index in [2.05, 4.69) is 131 Å². The number of furan rings is 1. The Labute approximate surface area is 311 Å².